The second kappa shape index (κ2) is 8.19. The van der Waals surface area contributed by atoms with E-state index in [2.05, 4.69) is 10.1 Å². The Labute approximate surface area is 139 Å². The number of methoxy groups -OCH3 is 1. The molecular weight excluding hydrogens is 318 g/mol. The number of carbonyl (C=O) groups excluding carboxylic acids is 2. The van der Waals surface area contributed by atoms with Crippen LogP contribution in [0.4, 0.5) is 0 Å². The van der Waals surface area contributed by atoms with Crippen LogP contribution in [-0.4, -0.2) is 25.6 Å². The van der Waals surface area contributed by atoms with Crippen molar-refractivity contribution in [2.45, 2.75) is 6.54 Å². The van der Waals surface area contributed by atoms with Crippen LogP contribution in [0.2, 0.25) is 5.02 Å². The normalized spacial score (nSPS) is 10.0. The average Bonchev–Trinajstić information content (AvgIpc) is 2.59. The van der Waals surface area contributed by atoms with E-state index in [9.17, 15) is 9.59 Å². The maximum absolute atomic E-state index is 11.8. The zero-order valence-electron chi connectivity index (χ0n) is 12.5. The molecule has 0 aliphatic carbocycles. The Bertz CT molecular complexity index is 685. The van der Waals surface area contributed by atoms with E-state index in [1.165, 1.54) is 7.11 Å². The molecule has 0 atom stereocenters. The first kappa shape index (κ1) is 16.8. The lowest BCUT2D eigenvalue weighted by atomic mass is 10.1. The van der Waals surface area contributed by atoms with Gasteiger partial charge in [-0.15, -0.1) is 0 Å². The summed E-state index contributed by atoms with van der Waals surface area (Å²) in [6, 6.07) is 13.7. The largest absolute Gasteiger partial charge is 0.482 e. The number of nitrogens with one attached hydrogen (secondary N) is 1. The van der Waals surface area contributed by atoms with Gasteiger partial charge in [-0.1, -0.05) is 35.9 Å². The van der Waals surface area contributed by atoms with Crippen LogP contribution >= 0.6 is 11.6 Å². The molecule has 5 nitrogen and oxygen atoms in total. The molecule has 0 saturated carbocycles. The highest BCUT2D eigenvalue weighted by molar-refractivity contribution is 6.32. The van der Waals surface area contributed by atoms with Crippen molar-refractivity contribution < 1.29 is 19.1 Å². The number of halogens is 1. The minimum atomic E-state index is -0.395. The Kier molecular flexibility index (Phi) is 6.00. The highest BCUT2D eigenvalue weighted by atomic mass is 35.5. The fraction of sp³-hybridized carbons (Fsp3) is 0.176. The smallest absolute Gasteiger partial charge is 0.337 e. The topological polar surface area (TPSA) is 64.6 Å². The molecule has 1 amide bonds. The standard InChI is InChI=1S/C17H16ClNO4/c1-22-17(21)13-8-6-12(7-9-13)10-19-16(20)11-23-15-5-3-2-4-14(15)18/h2-9H,10-11H2,1H3,(H,19,20). The van der Waals surface area contributed by atoms with Crippen LogP contribution in [0.25, 0.3) is 0 Å². The molecule has 1 N–H and O–H groups in total. The van der Waals surface area contributed by atoms with Crippen LogP contribution in [0.3, 0.4) is 0 Å². The molecule has 2 rings (SSSR count). The maximum atomic E-state index is 11.8. The summed E-state index contributed by atoms with van der Waals surface area (Å²) in [5.41, 5.74) is 1.33. The van der Waals surface area contributed by atoms with Crippen molar-refractivity contribution in [2.75, 3.05) is 13.7 Å². The predicted octanol–water partition coefficient (Wildman–Crippen LogP) is 2.82. The maximum Gasteiger partial charge on any atom is 0.337 e. The highest BCUT2D eigenvalue weighted by Gasteiger charge is 2.07. The van der Waals surface area contributed by atoms with Gasteiger partial charge in [0, 0.05) is 6.54 Å². The van der Waals surface area contributed by atoms with Gasteiger partial charge in [-0.25, -0.2) is 4.79 Å². The molecule has 0 unspecified atom stereocenters. The number of rotatable bonds is 6. The first-order valence-electron chi connectivity index (χ1n) is 6.91. The molecule has 0 radical (unpaired) electrons. The van der Waals surface area contributed by atoms with Crippen LogP contribution in [0.1, 0.15) is 15.9 Å². The second-order valence-corrected chi connectivity index (χ2v) is 5.09. The quantitative estimate of drug-likeness (QED) is 0.826. The number of para-hydroxylation sites is 1. The van der Waals surface area contributed by atoms with E-state index in [4.69, 9.17) is 16.3 Å². The fourth-order valence-electron chi connectivity index (χ4n) is 1.83. The van der Waals surface area contributed by atoms with E-state index in [1.807, 2.05) is 0 Å². The van der Waals surface area contributed by atoms with Gasteiger partial charge in [0.05, 0.1) is 17.7 Å². The minimum Gasteiger partial charge on any atom is -0.482 e. The first-order valence-corrected chi connectivity index (χ1v) is 7.29. The van der Waals surface area contributed by atoms with Gasteiger partial charge in [0.15, 0.2) is 6.61 Å². The van der Waals surface area contributed by atoms with Gasteiger partial charge in [-0.3, -0.25) is 4.79 Å². The monoisotopic (exact) mass is 333 g/mol. The van der Waals surface area contributed by atoms with Gasteiger partial charge in [0.2, 0.25) is 0 Å². The van der Waals surface area contributed by atoms with Gasteiger partial charge in [-0.2, -0.15) is 0 Å². The Morgan fingerprint density at radius 2 is 1.78 bits per heavy atom. The van der Waals surface area contributed by atoms with Crippen molar-refractivity contribution in [3.63, 3.8) is 0 Å². The first-order chi connectivity index (χ1) is 11.1. The van der Waals surface area contributed by atoms with Crippen molar-refractivity contribution in [3.05, 3.63) is 64.7 Å². The zero-order valence-corrected chi connectivity index (χ0v) is 13.3. The van der Waals surface area contributed by atoms with Crippen molar-refractivity contribution in [2.24, 2.45) is 0 Å². The summed E-state index contributed by atoms with van der Waals surface area (Å²) in [5.74, 6) is -0.192. The van der Waals surface area contributed by atoms with E-state index >= 15 is 0 Å². The van der Waals surface area contributed by atoms with Crippen molar-refractivity contribution in [3.8, 4) is 5.75 Å². The average molecular weight is 334 g/mol. The summed E-state index contributed by atoms with van der Waals surface area (Å²) in [6.07, 6.45) is 0. The highest BCUT2D eigenvalue weighted by Crippen LogP contribution is 2.22. The molecule has 2 aromatic carbocycles. The van der Waals surface area contributed by atoms with E-state index in [0.29, 0.717) is 22.9 Å². The summed E-state index contributed by atoms with van der Waals surface area (Å²) >= 11 is 5.94. The van der Waals surface area contributed by atoms with Crippen molar-refractivity contribution >= 4 is 23.5 Å². The molecule has 0 bridgehead atoms. The number of esters is 1. The SMILES string of the molecule is COC(=O)c1ccc(CNC(=O)COc2ccccc2Cl)cc1. The molecule has 0 heterocycles. The molecule has 120 valence electrons. The lowest BCUT2D eigenvalue weighted by Crippen LogP contribution is -2.28. The number of hydrogen-bond donors (Lipinski definition) is 1. The molecular formula is C17H16ClNO4. The van der Waals surface area contributed by atoms with Crippen LogP contribution < -0.4 is 10.1 Å². The summed E-state index contributed by atoms with van der Waals surface area (Å²) in [5, 5.41) is 3.19. The Morgan fingerprint density at radius 1 is 1.09 bits per heavy atom. The number of hydrogen-bond acceptors (Lipinski definition) is 4. The number of ether oxygens (including phenoxy) is 2. The van der Waals surface area contributed by atoms with Crippen LogP contribution in [-0.2, 0) is 16.1 Å². The molecule has 0 spiro atoms. The zero-order chi connectivity index (χ0) is 16.7. The summed E-state index contributed by atoms with van der Waals surface area (Å²) in [7, 11) is 1.33. The van der Waals surface area contributed by atoms with Gasteiger partial charge in [0.25, 0.3) is 5.91 Å². The van der Waals surface area contributed by atoms with Gasteiger partial charge >= 0.3 is 5.97 Å². The fourth-order valence-corrected chi connectivity index (χ4v) is 2.02. The van der Waals surface area contributed by atoms with Crippen molar-refractivity contribution in [1.82, 2.24) is 5.32 Å². The van der Waals surface area contributed by atoms with Gasteiger partial charge < -0.3 is 14.8 Å². The number of carbonyl (C=O) groups is 2. The molecule has 23 heavy (non-hydrogen) atoms. The Morgan fingerprint density at radius 3 is 2.43 bits per heavy atom. The molecule has 0 fully saturated rings. The number of amides is 1. The second-order valence-electron chi connectivity index (χ2n) is 4.68. The Hall–Kier alpha value is -2.53. The lowest BCUT2D eigenvalue weighted by Gasteiger charge is -2.09. The van der Waals surface area contributed by atoms with E-state index in [1.54, 1.807) is 48.5 Å². The van der Waals surface area contributed by atoms with Crippen molar-refractivity contribution in [1.29, 1.82) is 0 Å². The Balaban J connectivity index is 1.80. The third-order valence-electron chi connectivity index (χ3n) is 3.06. The van der Waals surface area contributed by atoms with Crippen LogP contribution in [0, 0.1) is 0 Å². The van der Waals surface area contributed by atoms with E-state index in [0.717, 1.165) is 5.56 Å². The third-order valence-corrected chi connectivity index (χ3v) is 3.37. The van der Waals surface area contributed by atoms with E-state index in [-0.39, 0.29) is 12.5 Å². The summed E-state index contributed by atoms with van der Waals surface area (Å²) < 4.78 is 9.97. The van der Waals surface area contributed by atoms with Gasteiger partial charge in [0.1, 0.15) is 5.75 Å². The predicted molar refractivity (Wildman–Crippen MR) is 86.6 cm³/mol. The molecule has 2 aromatic rings. The molecule has 0 saturated heterocycles. The van der Waals surface area contributed by atoms with Crippen LogP contribution in [0.15, 0.2) is 48.5 Å². The molecule has 0 aliphatic rings. The molecule has 0 aliphatic heterocycles. The summed E-state index contributed by atoms with van der Waals surface area (Å²) in [6.45, 7) is 0.218. The third kappa shape index (κ3) is 5.00. The summed E-state index contributed by atoms with van der Waals surface area (Å²) in [4.78, 5) is 23.1. The molecule has 0 aromatic heterocycles. The van der Waals surface area contributed by atoms with Crippen LogP contribution in [0.5, 0.6) is 5.75 Å². The minimum absolute atomic E-state index is 0.121. The lowest BCUT2D eigenvalue weighted by molar-refractivity contribution is -0.123. The van der Waals surface area contributed by atoms with E-state index < -0.39 is 5.97 Å². The molecule has 6 heteroatoms. The van der Waals surface area contributed by atoms with Gasteiger partial charge in [-0.05, 0) is 29.8 Å². The number of benzene rings is 2.